The molecule has 1 fully saturated rings. The van der Waals surface area contributed by atoms with Gasteiger partial charge in [-0.3, -0.25) is 14.6 Å². The normalized spacial score (nSPS) is 16.5. The van der Waals surface area contributed by atoms with Crippen LogP contribution in [0.1, 0.15) is 20.8 Å². The molecule has 146 valence electrons. The molecule has 0 unspecified atom stereocenters. The van der Waals surface area contributed by atoms with Crippen LogP contribution in [0, 0.1) is 0 Å². The number of benzene rings is 1. The second-order valence-electron chi connectivity index (χ2n) is 6.84. The maximum atomic E-state index is 12.7. The van der Waals surface area contributed by atoms with E-state index in [4.69, 9.17) is 9.47 Å². The molecule has 1 aromatic carbocycles. The number of amides is 2. The number of likely N-dealkylation sites (N-methyl/N-ethyl adjacent to an activating group) is 1. The first-order valence-electron chi connectivity index (χ1n) is 9.25. The zero-order chi connectivity index (χ0) is 19.5. The van der Waals surface area contributed by atoms with Crippen LogP contribution < -0.4 is 14.8 Å². The monoisotopic (exact) mass is 382 g/mol. The second-order valence-corrected chi connectivity index (χ2v) is 6.84. The average Bonchev–Trinajstić information content (AvgIpc) is 2.74. The summed E-state index contributed by atoms with van der Waals surface area (Å²) in [6.07, 6.45) is 1.49. The third-order valence-corrected chi connectivity index (χ3v) is 4.83. The number of nitrogens with zero attached hydrogens (tertiary/aromatic N) is 3. The van der Waals surface area contributed by atoms with E-state index >= 15 is 0 Å². The Hall–Kier alpha value is -3.13. The summed E-state index contributed by atoms with van der Waals surface area (Å²) in [5.41, 5.74) is 1.23. The Morgan fingerprint density at radius 1 is 1.00 bits per heavy atom. The average molecular weight is 382 g/mol. The highest BCUT2D eigenvalue weighted by Gasteiger charge is 2.21. The van der Waals surface area contributed by atoms with Gasteiger partial charge >= 0.3 is 0 Å². The molecule has 0 saturated carbocycles. The number of hydrogen-bond acceptors (Lipinski definition) is 6. The van der Waals surface area contributed by atoms with Gasteiger partial charge in [-0.05, 0) is 31.3 Å². The first kappa shape index (κ1) is 18.2. The molecule has 1 saturated heterocycles. The largest absolute Gasteiger partial charge is 0.486 e. The lowest BCUT2D eigenvalue weighted by Gasteiger charge is -2.32. The van der Waals surface area contributed by atoms with E-state index in [1.165, 1.54) is 12.3 Å². The van der Waals surface area contributed by atoms with Crippen LogP contribution >= 0.6 is 0 Å². The number of ether oxygens (including phenoxy) is 2. The van der Waals surface area contributed by atoms with Crippen molar-refractivity contribution in [3.05, 3.63) is 47.8 Å². The van der Waals surface area contributed by atoms with Gasteiger partial charge in [0.1, 0.15) is 18.9 Å². The van der Waals surface area contributed by atoms with Crippen LogP contribution in [0.15, 0.2) is 36.5 Å². The number of fused-ring (bicyclic) bond motifs is 1. The molecule has 8 nitrogen and oxygen atoms in total. The highest BCUT2D eigenvalue weighted by molar-refractivity contribution is 6.05. The number of pyridine rings is 1. The number of hydrogen-bond donors (Lipinski definition) is 1. The van der Waals surface area contributed by atoms with Crippen LogP contribution in [0.25, 0.3) is 0 Å². The minimum atomic E-state index is -0.385. The fourth-order valence-corrected chi connectivity index (χ4v) is 3.20. The molecular formula is C20H22N4O4. The van der Waals surface area contributed by atoms with E-state index in [0.717, 1.165) is 13.1 Å². The highest BCUT2D eigenvalue weighted by Crippen LogP contribution is 2.32. The number of carbonyl (C=O) groups excluding carboxylic acids is 2. The topological polar surface area (TPSA) is 84.0 Å². The Morgan fingerprint density at radius 2 is 1.75 bits per heavy atom. The predicted molar refractivity (Wildman–Crippen MR) is 103 cm³/mol. The molecule has 0 bridgehead atoms. The molecule has 0 spiro atoms. The van der Waals surface area contributed by atoms with Gasteiger partial charge in [-0.15, -0.1) is 0 Å². The molecular weight excluding hydrogens is 360 g/mol. The summed E-state index contributed by atoms with van der Waals surface area (Å²) in [5.74, 6) is 0.784. The molecule has 28 heavy (non-hydrogen) atoms. The highest BCUT2D eigenvalue weighted by atomic mass is 16.6. The fourth-order valence-electron chi connectivity index (χ4n) is 3.20. The first-order chi connectivity index (χ1) is 13.6. The van der Waals surface area contributed by atoms with Gasteiger partial charge in [0.25, 0.3) is 11.8 Å². The zero-order valence-electron chi connectivity index (χ0n) is 15.7. The van der Waals surface area contributed by atoms with Gasteiger partial charge in [0.2, 0.25) is 0 Å². The van der Waals surface area contributed by atoms with Gasteiger partial charge in [0.05, 0.1) is 0 Å². The first-order valence-corrected chi connectivity index (χ1v) is 9.25. The molecule has 0 radical (unpaired) electrons. The van der Waals surface area contributed by atoms with Crippen LogP contribution in [0.2, 0.25) is 0 Å². The summed E-state index contributed by atoms with van der Waals surface area (Å²) in [6, 6.07) is 8.39. The smallest absolute Gasteiger partial charge is 0.274 e. The van der Waals surface area contributed by atoms with Crippen molar-refractivity contribution >= 4 is 17.5 Å². The Bertz CT molecular complexity index is 894. The van der Waals surface area contributed by atoms with Gasteiger partial charge in [-0.2, -0.15) is 0 Å². The molecule has 0 atom stereocenters. The Morgan fingerprint density at radius 3 is 2.54 bits per heavy atom. The number of anilines is 1. The summed E-state index contributed by atoms with van der Waals surface area (Å²) in [6.45, 7) is 4.02. The van der Waals surface area contributed by atoms with Crippen LogP contribution in [0.5, 0.6) is 11.5 Å². The maximum absolute atomic E-state index is 12.7. The van der Waals surface area contributed by atoms with E-state index in [1.54, 1.807) is 29.2 Å². The maximum Gasteiger partial charge on any atom is 0.274 e. The summed E-state index contributed by atoms with van der Waals surface area (Å²) in [7, 11) is 2.04. The van der Waals surface area contributed by atoms with E-state index < -0.39 is 0 Å². The van der Waals surface area contributed by atoms with Crippen LogP contribution in [-0.4, -0.2) is 73.0 Å². The molecule has 0 aliphatic carbocycles. The van der Waals surface area contributed by atoms with Crippen molar-refractivity contribution in [1.29, 1.82) is 0 Å². The molecule has 4 rings (SSSR count). The van der Waals surface area contributed by atoms with E-state index in [-0.39, 0.29) is 17.5 Å². The molecule has 2 aliphatic rings. The van der Waals surface area contributed by atoms with E-state index in [0.29, 0.717) is 49.1 Å². The predicted octanol–water partition coefficient (Wildman–Crippen LogP) is 1.49. The number of piperazine rings is 1. The van der Waals surface area contributed by atoms with Crippen molar-refractivity contribution in [2.75, 3.05) is 51.8 Å². The van der Waals surface area contributed by atoms with Crippen molar-refractivity contribution in [2.45, 2.75) is 0 Å². The molecule has 2 aromatic rings. The lowest BCUT2D eigenvalue weighted by molar-refractivity contribution is 0.0664. The number of nitrogens with one attached hydrogen (secondary N) is 1. The van der Waals surface area contributed by atoms with Gasteiger partial charge < -0.3 is 24.6 Å². The van der Waals surface area contributed by atoms with E-state index in [9.17, 15) is 9.59 Å². The van der Waals surface area contributed by atoms with Gasteiger partial charge in [-0.25, -0.2) is 0 Å². The number of carbonyl (C=O) groups is 2. The summed E-state index contributed by atoms with van der Waals surface area (Å²) in [4.78, 5) is 33.4. The quantitative estimate of drug-likeness (QED) is 0.866. The number of aromatic nitrogens is 1. The fraction of sp³-hybridized carbons (Fsp3) is 0.350. The van der Waals surface area contributed by atoms with Gasteiger partial charge in [0.15, 0.2) is 11.5 Å². The van der Waals surface area contributed by atoms with E-state index in [2.05, 4.69) is 15.2 Å². The Labute approximate surface area is 163 Å². The molecule has 8 heteroatoms. The van der Waals surface area contributed by atoms with E-state index in [1.807, 2.05) is 7.05 Å². The van der Waals surface area contributed by atoms with Gasteiger partial charge in [-0.1, -0.05) is 0 Å². The standard InChI is InChI=1S/C20H22N4O4/c1-23-6-8-24(9-7-23)20(26)14-4-5-21-16(12-14)19(25)22-15-2-3-17-18(13-15)28-11-10-27-17/h2-5,12-13H,6-11H2,1H3,(H,22,25). The summed E-state index contributed by atoms with van der Waals surface area (Å²) in [5, 5.41) is 2.79. The van der Waals surface area contributed by atoms with Crippen molar-refractivity contribution in [3.63, 3.8) is 0 Å². The Balaban J connectivity index is 1.46. The minimum Gasteiger partial charge on any atom is -0.486 e. The molecule has 1 N–H and O–H groups in total. The van der Waals surface area contributed by atoms with Crippen molar-refractivity contribution in [3.8, 4) is 11.5 Å². The minimum absolute atomic E-state index is 0.0797. The van der Waals surface area contributed by atoms with Crippen molar-refractivity contribution < 1.29 is 19.1 Å². The van der Waals surface area contributed by atoms with Crippen molar-refractivity contribution in [1.82, 2.24) is 14.8 Å². The van der Waals surface area contributed by atoms with Crippen LogP contribution in [0.4, 0.5) is 5.69 Å². The third-order valence-electron chi connectivity index (χ3n) is 4.83. The molecule has 2 amide bonds. The SMILES string of the molecule is CN1CCN(C(=O)c2ccnc(C(=O)Nc3ccc4c(c3)OCCO4)c2)CC1. The van der Waals surface area contributed by atoms with Gasteiger partial charge in [0, 0.05) is 49.7 Å². The zero-order valence-corrected chi connectivity index (χ0v) is 15.7. The molecule has 1 aromatic heterocycles. The molecule has 2 aliphatic heterocycles. The lowest BCUT2D eigenvalue weighted by atomic mass is 10.1. The Kier molecular flexibility index (Phi) is 5.12. The van der Waals surface area contributed by atoms with Crippen LogP contribution in [0.3, 0.4) is 0 Å². The second kappa shape index (κ2) is 7.85. The van der Waals surface area contributed by atoms with Crippen molar-refractivity contribution in [2.24, 2.45) is 0 Å². The summed E-state index contributed by atoms with van der Waals surface area (Å²) >= 11 is 0. The lowest BCUT2D eigenvalue weighted by Crippen LogP contribution is -2.47. The number of rotatable bonds is 3. The molecule has 3 heterocycles. The van der Waals surface area contributed by atoms with Crippen LogP contribution in [-0.2, 0) is 0 Å². The summed E-state index contributed by atoms with van der Waals surface area (Å²) < 4.78 is 11.0. The third kappa shape index (κ3) is 3.91.